The summed E-state index contributed by atoms with van der Waals surface area (Å²) >= 11 is 2.32. The predicted octanol–water partition coefficient (Wildman–Crippen LogP) is 7.19. The molecule has 0 aromatic heterocycles. The number of hydrogen-bond donors (Lipinski definition) is 0. The minimum absolute atomic E-state index is 0.0633. The Morgan fingerprint density at radius 1 is 1.00 bits per heavy atom. The molecule has 1 saturated heterocycles. The molecule has 0 bridgehead atoms. The Bertz CT molecular complexity index is 899. The molecule has 2 aromatic rings. The molecule has 0 radical (unpaired) electrons. The second-order valence-corrected chi connectivity index (χ2v) is 8.86. The summed E-state index contributed by atoms with van der Waals surface area (Å²) in [6.07, 6.45) is -3.07. The highest BCUT2D eigenvalue weighted by molar-refractivity contribution is 14.1. The lowest BCUT2D eigenvalue weighted by molar-refractivity contribution is -0.189. The zero-order valence-electron chi connectivity index (χ0n) is 16.2. The van der Waals surface area contributed by atoms with Gasteiger partial charge < -0.3 is 9.47 Å². The van der Waals surface area contributed by atoms with Crippen LogP contribution >= 0.6 is 22.6 Å². The maximum Gasteiger partial charge on any atom is 0.432 e. The van der Waals surface area contributed by atoms with Gasteiger partial charge in [0.25, 0.3) is 0 Å². The van der Waals surface area contributed by atoms with Gasteiger partial charge in [0.1, 0.15) is 22.9 Å². The SMILES string of the molecule is CCC(I)C1CCC(c2cc(F)c(C(F)(F)Oc3cc(F)c(F)c(F)c3)c(F)c2)OC1. The van der Waals surface area contributed by atoms with Gasteiger partial charge in [-0.25, -0.2) is 22.0 Å². The van der Waals surface area contributed by atoms with E-state index in [9.17, 15) is 30.7 Å². The van der Waals surface area contributed by atoms with Crippen LogP contribution in [0.4, 0.5) is 30.7 Å². The fourth-order valence-electron chi connectivity index (χ4n) is 3.50. The van der Waals surface area contributed by atoms with Crippen LogP contribution in [0.1, 0.15) is 43.4 Å². The maximum absolute atomic E-state index is 14.5. The van der Waals surface area contributed by atoms with Crippen molar-refractivity contribution in [3.63, 3.8) is 0 Å². The van der Waals surface area contributed by atoms with E-state index in [2.05, 4.69) is 27.3 Å². The van der Waals surface area contributed by atoms with Crippen molar-refractivity contribution in [1.29, 1.82) is 0 Å². The van der Waals surface area contributed by atoms with Crippen molar-refractivity contribution in [3.8, 4) is 5.75 Å². The van der Waals surface area contributed by atoms with E-state index in [1.165, 1.54) is 0 Å². The first-order valence-electron chi connectivity index (χ1n) is 9.50. The first kappa shape index (κ1) is 24.1. The minimum Gasteiger partial charge on any atom is -0.429 e. The van der Waals surface area contributed by atoms with Gasteiger partial charge in [-0.2, -0.15) is 8.78 Å². The van der Waals surface area contributed by atoms with Gasteiger partial charge in [-0.05, 0) is 42.9 Å². The smallest absolute Gasteiger partial charge is 0.429 e. The first-order valence-corrected chi connectivity index (χ1v) is 10.7. The van der Waals surface area contributed by atoms with Gasteiger partial charge in [0.05, 0.1) is 12.7 Å². The lowest BCUT2D eigenvalue weighted by Gasteiger charge is -2.32. The summed E-state index contributed by atoms with van der Waals surface area (Å²) in [6.45, 7) is 2.43. The monoisotopic (exact) mass is 562 g/mol. The molecule has 3 unspecified atom stereocenters. The van der Waals surface area contributed by atoms with E-state index in [0.717, 1.165) is 25.0 Å². The number of halogens is 8. The Morgan fingerprint density at radius 2 is 1.58 bits per heavy atom. The standard InChI is InChI=1S/C21H18F7IO2/c1-2-17(29)10-3-4-18(30-9-10)11-5-13(22)19(14(23)6-11)21(27,28)31-12-7-15(24)20(26)16(25)8-12/h5-8,10,17-18H,2-4,9H2,1H3. The normalized spacial score (nSPS) is 20.5. The summed E-state index contributed by atoms with van der Waals surface area (Å²) in [5, 5.41) is 0. The zero-order chi connectivity index (χ0) is 22.9. The van der Waals surface area contributed by atoms with Crippen LogP contribution in [0.5, 0.6) is 5.75 Å². The van der Waals surface area contributed by atoms with Crippen molar-refractivity contribution in [3.05, 3.63) is 64.5 Å². The van der Waals surface area contributed by atoms with Crippen molar-refractivity contribution in [1.82, 2.24) is 0 Å². The molecule has 3 rings (SSSR count). The van der Waals surface area contributed by atoms with Gasteiger partial charge in [0.2, 0.25) is 0 Å². The molecule has 10 heteroatoms. The maximum atomic E-state index is 14.5. The van der Waals surface area contributed by atoms with Gasteiger partial charge in [-0.3, -0.25) is 0 Å². The fraction of sp³-hybridized carbons (Fsp3) is 0.429. The molecular formula is C21H18F7IO2. The minimum atomic E-state index is -4.61. The molecule has 0 spiro atoms. The topological polar surface area (TPSA) is 18.5 Å². The molecule has 1 aliphatic heterocycles. The molecule has 170 valence electrons. The van der Waals surface area contributed by atoms with Gasteiger partial charge in [-0.1, -0.05) is 29.5 Å². The third-order valence-corrected chi connectivity index (χ3v) is 7.04. The number of rotatable bonds is 6. The zero-order valence-corrected chi connectivity index (χ0v) is 18.4. The fourth-order valence-corrected chi connectivity index (χ4v) is 4.07. The molecule has 2 nitrogen and oxygen atoms in total. The second-order valence-electron chi connectivity index (χ2n) is 7.26. The lowest BCUT2D eigenvalue weighted by atomic mass is 9.91. The van der Waals surface area contributed by atoms with Crippen LogP contribution in [0.3, 0.4) is 0 Å². The number of ether oxygens (including phenoxy) is 2. The van der Waals surface area contributed by atoms with E-state index in [1.54, 1.807) is 0 Å². The summed E-state index contributed by atoms with van der Waals surface area (Å²) in [6, 6.07) is 1.76. The molecule has 0 amide bonds. The third-order valence-electron chi connectivity index (χ3n) is 5.14. The first-order chi connectivity index (χ1) is 14.5. The summed E-state index contributed by atoms with van der Waals surface area (Å²) in [4.78, 5) is 0. The van der Waals surface area contributed by atoms with Crippen LogP contribution in [-0.2, 0) is 10.8 Å². The number of hydrogen-bond acceptors (Lipinski definition) is 2. The third kappa shape index (κ3) is 5.27. The molecule has 31 heavy (non-hydrogen) atoms. The Morgan fingerprint density at radius 3 is 2.06 bits per heavy atom. The molecular weight excluding hydrogens is 544 g/mol. The average molecular weight is 562 g/mol. The van der Waals surface area contributed by atoms with Gasteiger partial charge in [0, 0.05) is 16.1 Å². The highest BCUT2D eigenvalue weighted by Crippen LogP contribution is 2.39. The lowest BCUT2D eigenvalue weighted by Crippen LogP contribution is -2.28. The largest absolute Gasteiger partial charge is 0.432 e. The highest BCUT2D eigenvalue weighted by Gasteiger charge is 2.42. The Hall–Kier alpha value is -1.56. The van der Waals surface area contributed by atoms with E-state index in [-0.39, 0.29) is 17.7 Å². The van der Waals surface area contributed by atoms with Crippen LogP contribution in [0.2, 0.25) is 0 Å². The Labute approximate surface area is 187 Å². The molecule has 1 aliphatic rings. The predicted molar refractivity (Wildman–Crippen MR) is 107 cm³/mol. The van der Waals surface area contributed by atoms with Crippen LogP contribution in [0.15, 0.2) is 24.3 Å². The van der Waals surface area contributed by atoms with Crippen molar-refractivity contribution in [2.24, 2.45) is 5.92 Å². The highest BCUT2D eigenvalue weighted by atomic mass is 127. The van der Waals surface area contributed by atoms with Crippen LogP contribution in [-0.4, -0.2) is 10.5 Å². The quantitative estimate of drug-likeness (QED) is 0.161. The molecule has 1 heterocycles. The summed E-state index contributed by atoms with van der Waals surface area (Å²) < 4.78 is 107. The Kier molecular flexibility index (Phi) is 7.39. The molecule has 2 aromatic carbocycles. The van der Waals surface area contributed by atoms with E-state index in [1.807, 2.05) is 6.92 Å². The molecule has 3 atom stereocenters. The van der Waals surface area contributed by atoms with Crippen molar-refractivity contribution in [2.75, 3.05) is 6.61 Å². The second kappa shape index (κ2) is 9.51. The van der Waals surface area contributed by atoms with Crippen LogP contribution in [0, 0.1) is 35.0 Å². The van der Waals surface area contributed by atoms with E-state index in [4.69, 9.17) is 4.74 Å². The average Bonchev–Trinajstić information content (AvgIpc) is 2.70. The summed E-state index contributed by atoms with van der Waals surface area (Å²) in [5.41, 5.74) is -1.67. The molecule has 0 aliphatic carbocycles. The summed E-state index contributed by atoms with van der Waals surface area (Å²) in [7, 11) is 0. The van der Waals surface area contributed by atoms with Crippen LogP contribution < -0.4 is 4.74 Å². The molecule has 0 saturated carbocycles. The van der Waals surface area contributed by atoms with Crippen LogP contribution in [0.25, 0.3) is 0 Å². The van der Waals surface area contributed by atoms with E-state index in [0.29, 0.717) is 22.9 Å². The van der Waals surface area contributed by atoms with Crippen molar-refractivity contribution < 1.29 is 40.2 Å². The molecule has 1 fully saturated rings. The van der Waals surface area contributed by atoms with Gasteiger partial charge >= 0.3 is 6.11 Å². The number of alkyl halides is 3. The number of benzene rings is 2. The van der Waals surface area contributed by atoms with Gasteiger partial charge in [-0.15, -0.1) is 0 Å². The van der Waals surface area contributed by atoms with Crippen molar-refractivity contribution in [2.45, 2.75) is 42.3 Å². The molecule has 0 N–H and O–H groups in total. The summed E-state index contributed by atoms with van der Waals surface area (Å²) in [5.74, 6) is -9.50. The van der Waals surface area contributed by atoms with Crippen molar-refractivity contribution >= 4 is 22.6 Å². The van der Waals surface area contributed by atoms with Gasteiger partial charge in [0.15, 0.2) is 17.5 Å². The van der Waals surface area contributed by atoms with E-state index >= 15 is 0 Å². The Balaban J connectivity index is 1.81. The van der Waals surface area contributed by atoms with E-state index < -0.39 is 52.6 Å².